The molecule has 4 heteroatoms. The van der Waals surface area contributed by atoms with E-state index in [-0.39, 0.29) is 5.78 Å². The lowest BCUT2D eigenvalue weighted by Gasteiger charge is -2.07. The van der Waals surface area contributed by atoms with Crippen LogP contribution in [0.4, 0.5) is 0 Å². The second-order valence-electron chi connectivity index (χ2n) is 3.55. The van der Waals surface area contributed by atoms with Crippen molar-refractivity contribution in [2.24, 2.45) is 0 Å². The standard InChI is InChI=1S/C10H12BrNOS/c11-9-6-14-5-8(9)10(13)4-7-2-1-3-12-7/h5-7,12H,1-4H2. The summed E-state index contributed by atoms with van der Waals surface area (Å²) in [6, 6.07) is 0.397. The van der Waals surface area contributed by atoms with Gasteiger partial charge in [0.25, 0.3) is 0 Å². The fourth-order valence-corrected chi connectivity index (χ4v) is 3.27. The Morgan fingerprint density at radius 3 is 3.07 bits per heavy atom. The number of halogens is 1. The molecule has 0 saturated carbocycles. The van der Waals surface area contributed by atoms with Gasteiger partial charge in [0.1, 0.15) is 0 Å². The van der Waals surface area contributed by atoms with Crippen LogP contribution in [0.1, 0.15) is 29.6 Å². The highest BCUT2D eigenvalue weighted by Crippen LogP contribution is 2.24. The summed E-state index contributed by atoms with van der Waals surface area (Å²) in [5.41, 5.74) is 0.837. The summed E-state index contributed by atoms with van der Waals surface area (Å²) >= 11 is 4.95. The number of carbonyl (C=O) groups excluding carboxylic acids is 1. The highest BCUT2D eigenvalue weighted by molar-refractivity contribution is 9.10. The zero-order chi connectivity index (χ0) is 9.97. The van der Waals surface area contributed by atoms with Crippen molar-refractivity contribution in [2.75, 3.05) is 6.54 Å². The Balaban J connectivity index is 1.98. The van der Waals surface area contributed by atoms with Crippen molar-refractivity contribution in [2.45, 2.75) is 25.3 Å². The number of hydrogen-bond acceptors (Lipinski definition) is 3. The SMILES string of the molecule is O=C(CC1CCCN1)c1cscc1Br. The van der Waals surface area contributed by atoms with Crippen LogP contribution in [0.2, 0.25) is 0 Å². The first-order valence-corrected chi connectivity index (χ1v) is 6.49. The summed E-state index contributed by atoms with van der Waals surface area (Å²) in [7, 11) is 0. The second-order valence-corrected chi connectivity index (χ2v) is 5.15. The van der Waals surface area contributed by atoms with Gasteiger partial charge in [0.15, 0.2) is 5.78 Å². The van der Waals surface area contributed by atoms with Gasteiger partial charge in [0, 0.05) is 33.3 Å². The van der Waals surface area contributed by atoms with Crippen LogP contribution in [0.25, 0.3) is 0 Å². The van der Waals surface area contributed by atoms with Gasteiger partial charge in [-0.15, -0.1) is 0 Å². The fraction of sp³-hybridized carbons (Fsp3) is 0.500. The van der Waals surface area contributed by atoms with Crippen molar-refractivity contribution in [1.82, 2.24) is 5.32 Å². The maximum atomic E-state index is 11.8. The van der Waals surface area contributed by atoms with Gasteiger partial charge in [0.05, 0.1) is 0 Å². The van der Waals surface area contributed by atoms with Gasteiger partial charge >= 0.3 is 0 Å². The molecule has 0 aliphatic carbocycles. The minimum absolute atomic E-state index is 0.248. The van der Waals surface area contributed by atoms with Crippen LogP contribution in [0.5, 0.6) is 0 Å². The van der Waals surface area contributed by atoms with Crippen molar-refractivity contribution in [3.63, 3.8) is 0 Å². The number of thiophene rings is 1. The van der Waals surface area contributed by atoms with Gasteiger partial charge in [-0.05, 0) is 35.3 Å². The van der Waals surface area contributed by atoms with E-state index in [1.165, 1.54) is 6.42 Å². The molecule has 1 unspecified atom stereocenters. The number of carbonyl (C=O) groups is 1. The molecule has 2 heterocycles. The monoisotopic (exact) mass is 273 g/mol. The number of rotatable bonds is 3. The van der Waals surface area contributed by atoms with Gasteiger partial charge in [-0.3, -0.25) is 4.79 Å². The molecular weight excluding hydrogens is 262 g/mol. The van der Waals surface area contributed by atoms with Crippen LogP contribution in [-0.4, -0.2) is 18.4 Å². The molecule has 14 heavy (non-hydrogen) atoms. The first-order chi connectivity index (χ1) is 6.77. The van der Waals surface area contributed by atoms with E-state index >= 15 is 0 Å². The maximum absolute atomic E-state index is 11.8. The average Bonchev–Trinajstić information content (AvgIpc) is 2.75. The number of Topliss-reactive ketones (excluding diaryl/α,β-unsaturated/α-hetero) is 1. The molecule has 0 radical (unpaired) electrons. The summed E-state index contributed by atoms with van der Waals surface area (Å²) in [6.45, 7) is 1.06. The number of hydrogen-bond donors (Lipinski definition) is 1. The van der Waals surface area contributed by atoms with Gasteiger partial charge in [0.2, 0.25) is 0 Å². The predicted molar refractivity (Wildman–Crippen MR) is 62.0 cm³/mol. The minimum atomic E-state index is 0.248. The number of nitrogens with one attached hydrogen (secondary N) is 1. The van der Waals surface area contributed by atoms with Crippen LogP contribution in [0, 0.1) is 0 Å². The summed E-state index contributed by atoms with van der Waals surface area (Å²) in [5.74, 6) is 0.248. The van der Waals surface area contributed by atoms with Gasteiger partial charge in [-0.1, -0.05) is 0 Å². The lowest BCUT2D eigenvalue weighted by molar-refractivity contribution is 0.0971. The van der Waals surface area contributed by atoms with E-state index in [0.29, 0.717) is 12.5 Å². The maximum Gasteiger partial charge on any atom is 0.166 e. The summed E-state index contributed by atoms with van der Waals surface area (Å²) < 4.78 is 0.936. The van der Waals surface area contributed by atoms with E-state index in [9.17, 15) is 4.79 Å². The van der Waals surface area contributed by atoms with E-state index in [1.54, 1.807) is 11.3 Å². The Labute approximate surface area is 95.8 Å². The predicted octanol–water partition coefficient (Wildman–Crippen LogP) is 2.84. The van der Waals surface area contributed by atoms with Crippen molar-refractivity contribution < 1.29 is 4.79 Å². The third kappa shape index (κ3) is 2.24. The third-order valence-corrected chi connectivity index (χ3v) is 4.21. The fourth-order valence-electron chi connectivity index (χ4n) is 1.75. The highest BCUT2D eigenvalue weighted by atomic mass is 79.9. The molecule has 0 amide bonds. The molecule has 2 nitrogen and oxygen atoms in total. The largest absolute Gasteiger partial charge is 0.314 e. The Morgan fingerprint density at radius 2 is 2.50 bits per heavy atom. The molecule has 0 spiro atoms. The Kier molecular flexibility index (Phi) is 3.36. The lowest BCUT2D eigenvalue weighted by atomic mass is 10.1. The summed E-state index contributed by atoms with van der Waals surface area (Å²) in [5, 5.41) is 7.21. The highest BCUT2D eigenvalue weighted by Gasteiger charge is 2.20. The first-order valence-electron chi connectivity index (χ1n) is 4.75. The Morgan fingerprint density at radius 1 is 1.64 bits per heavy atom. The molecule has 76 valence electrons. The van der Waals surface area contributed by atoms with Crippen molar-refractivity contribution in [1.29, 1.82) is 0 Å². The Hall–Kier alpha value is -0.190. The molecule has 1 N–H and O–H groups in total. The lowest BCUT2D eigenvalue weighted by Crippen LogP contribution is -2.24. The summed E-state index contributed by atoms with van der Waals surface area (Å²) in [4.78, 5) is 11.8. The normalized spacial score (nSPS) is 21.4. The molecule has 1 aromatic heterocycles. The smallest absolute Gasteiger partial charge is 0.166 e. The molecule has 2 rings (SSSR count). The van der Waals surface area contributed by atoms with Crippen LogP contribution < -0.4 is 5.32 Å². The molecule has 1 aliphatic heterocycles. The quantitative estimate of drug-likeness (QED) is 0.859. The first kappa shape index (κ1) is 10.3. The Bertz CT molecular complexity index is 331. The average molecular weight is 274 g/mol. The van der Waals surface area contributed by atoms with E-state index in [2.05, 4.69) is 21.2 Å². The molecule has 0 aromatic carbocycles. The van der Waals surface area contributed by atoms with Crippen LogP contribution in [0.15, 0.2) is 15.2 Å². The van der Waals surface area contributed by atoms with Crippen LogP contribution in [0.3, 0.4) is 0 Å². The van der Waals surface area contributed by atoms with Crippen molar-refractivity contribution in [3.05, 3.63) is 20.8 Å². The van der Waals surface area contributed by atoms with Crippen molar-refractivity contribution >= 4 is 33.0 Å². The zero-order valence-corrected chi connectivity index (χ0v) is 10.2. The van der Waals surface area contributed by atoms with E-state index in [0.717, 1.165) is 23.0 Å². The molecule has 1 aromatic rings. The van der Waals surface area contributed by atoms with Crippen molar-refractivity contribution in [3.8, 4) is 0 Å². The minimum Gasteiger partial charge on any atom is -0.314 e. The van der Waals surface area contributed by atoms with Crippen LogP contribution >= 0.6 is 27.3 Å². The van der Waals surface area contributed by atoms with Gasteiger partial charge < -0.3 is 5.32 Å². The molecule has 1 atom stereocenters. The molecule has 1 aliphatic rings. The second kappa shape index (κ2) is 4.55. The van der Waals surface area contributed by atoms with E-state index < -0.39 is 0 Å². The van der Waals surface area contributed by atoms with Gasteiger partial charge in [-0.2, -0.15) is 11.3 Å². The molecule has 1 saturated heterocycles. The summed E-state index contributed by atoms with van der Waals surface area (Å²) in [6.07, 6.45) is 2.96. The third-order valence-electron chi connectivity index (χ3n) is 2.51. The number of ketones is 1. The van der Waals surface area contributed by atoms with Gasteiger partial charge in [-0.25, -0.2) is 0 Å². The topological polar surface area (TPSA) is 29.1 Å². The molecular formula is C10H12BrNOS. The van der Waals surface area contributed by atoms with E-state index in [4.69, 9.17) is 0 Å². The van der Waals surface area contributed by atoms with Crippen LogP contribution in [-0.2, 0) is 0 Å². The molecule has 0 bridgehead atoms. The molecule has 1 fully saturated rings. The zero-order valence-electron chi connectivity index (χ0n) is 7.75. The van der Waals surface area contributed by atoms with E-state index in [1.807, 2.05) is 10.8 Å².